The predicted octanol–water partition coefficient (Wildman–Crippen LogP) is 4.98. The molecule has 0 amide bonds. The Morgan fingerprint density at radius 2 is 2.12 bits per heavy atom. The summed E-state index contributed by atoms with van der Waals surface area (Å²) in [6.45, 7) is 2.26. The monoisotopic (exact) mass is 257 g/mol. The second kappa shape index (κ2) is 5.29. The lowest BCUT2D eigenvalue weighted by Crippen LogP contribution is -2.15. The van der Waals surface area contributed by atoms with Crippen molar-refractivity contribution in [3.8, 4) is 0 Å². The van der Waals surface area contributed by atoms with E-state index in [-0.39, 0.29) is 0 Å². The van der Waals surface area contributed by atoms with Crippen molar-refractivity contribution in [1.82, 2.24) is 0 Å². The summed E-state index contributed by atoms with van der Waals surface area (Å²) in [5.41, 5.74) is 0.968. The molecule has 0 heterocycles. The molecule has 0 aliphatic heterocycles. The Kier molecular flexibility index (Phi) is 3.99. The van der Waals surface area contributed by atoms with E-state index in [4.69, 9.17) is 23.2 Å². The van der Waals surface area contributed by atoms with Gasteiger partial charge in [-0.25, -0.2) is 0 Å². The molecule has 88 valence electrons. The van der Waals surface area contributed by atoms with Crippen LogP contribution in [-0.4, -0.2) is 6.04 Å². The van der Waals surface area contributed by atoms with Crippen LogP contribution in [0.15, 0.2) is 18.2 Å². The van der Waals surface area contributed by atoms with Gasteiger partial charge in [0.25, 0.3) is 0 Å². The highest BCUT2D eigenvalue weighted by molar-refractivity contribution is 6.43. The minimum absolute atomic E-state index is 0.556. The van der Waals surface area contributed by atoms with Gasteiger partial charge >= 0.3 is 0 Å². The summed E-state index contributed by atoms with van der Waals surface area (Å²) < 4.78 is 0. The van der Waals surface area contributed by atoms with E-state index in [1.165, 1.54) is 25.7 Å². The Morgan fingerprint density at radius 1 is 1.31 bits per heavy atom. The fourth-order valence-corrected chi connectivity index (χ4v) is 2.77. The second-order valence-electron chi connectivity index (χ2n) is 4.53. The third kappa shape index (κ3) is 2.64. The van der Waals surface area contributed by atoms with Crippen LogP contribution in [0.4, 0.5) is 5.69 Å². The highest BCUT2D eigenvalue weighted by atomic mass is 35.5. The molecule has 3 heteroatoms. The topological polar surface area (TPSA) is 12.0 Å². The Bertz CT molecular complexity index is 365. The van der Waals surface area contributed by atoms with Crippen LogP contribution in [0.25, 0.3) is 0 Å². The molecule has 0 bridgehead atoms. The third-order valence-corrected chi connectivity index (χ3v) is 4.25. The van der Waals surface area contributed by atoms with Gasteiger partial charge in [-0.2, -0.15) is 0 Å². The van der Waals surface area contributed by atoms with Crippen LogP contribution in [0, 0.1) is 5.92 Å². The molecule has 0 spiro atoms. The smallest absolute Gasteiger partial charge is 0.0823 e. The van der Waals surface area contributed by atoms with Crippen LogP contribution in [0.5, 0.6) is 0 Å². The van der Waals surface area contributed by atoms with E-state index in [2.05, 4.69) is 12.2 Å². The second-order valence-corrected chi connectivity index (χ2v) is 5.32. The first-order valence-electron chi connectivity index (χ1n) is 5.91. The number of hydrogen-bond acceptors (Lipinski definition) is 1. The van der Waals surface area contributed by atoms with Gasteiger partial charge in [0.05, 0.1) is 15.7 Å². The minimum atomic E-state index is 0.556. The Morgan fingerprint density at radius 3 is 2.81 bits per heavy atom. The first-order chi connectivity index (χ1) is 7.70. The lowest BCUT2D eigenvalue weighted by molar-refractivity contribution is 0.525. The summed E-state index contributed by atoms with van der Waals surface area (Å²) in [6, 6.07) is 6.30. The van der Waals surface area contributed by atoms with E-state index in [9.17, 15) is 0 Å². The van der Waals surface area contributed by atoms with Crippen molar-refractivity contribution in [2.45, 2.75) is 38.6 Å². The average Bonchev–Trinajstić information content (AvgIpc) is 2.73. The molecule has 0 saturated heterocycles. The normalized spacial score (nSPS) is 24.7. The molecule has 1 fully saturated rings. The highest BCUT2D eigenvalue weighted by Gasteiger charge is 2.23. The summed E-state index contributed by atoms with van der Waals surface area (Å²) in [6.07, 6.45) is 5.09. The number of anilines is 1. The summed E-state index contributed by atoms with van der Waals surface area (Å²) >= 11 is 12.1. The van der Waals surface area contributed by atoms with E-state index < -0.39 is 0 Å². The third-order valence-electron chi connectivity index (χ3n) is 3.43. The van der Waals surface area contributed by atoms with Gasteiger partial charge in [-0.15, -0.1) is 0 Å². The Labute approximate surface area is 107 Å². The van der Waals surface area contributed by atoms with Gasteiger partial charge in [-0.05, 0) is 37.3 Å². The van der Waals surface area contributed by atoms with Crippen LogP contribution >= 0.6 is 23.2 Å². The van der Waals surface area contributed by atoms with Crippen molar-refractivity contribution in [3.63, 3.8) is 0 Å². The summed E-state index contributed by atoms with van der Waals surface area (Å²) in [5, 5.41) is 4.76. The molecule has 2 unspecified atom stereocenters. The van der Waals surface area contributed by atoms with Crippen molar-refractivity contribution in [2.75, 3.05) is 5.32 Å². The number of hydrogen-bond donors (Lipinski definition) is 1. The van der Waals surface area contributed by atoms with Gasteiger partial charge in [-0.1, -0.05) is 42.6 Å². The minimum Gasteiger partial charge on any atom is -0.381 e. The van der Waals surface area contributed by atoms with Crippen molar-refractivity contribution >= 4 is 28.9 Å². The van der Waals surface area contributed by atoms with E-state index in [1.807, 2.05) is 18.2 Å². The number of benzene rings is 1. The zero-order valence-electron chi connectivity index (χ0n) is 9.47. The van der Waals surface area contributed by atoms with Crippen LogP contribution in [-0.2, 0) is 0 Å². The van der Waals surface area contributed by atoms with Gasteiger partial charge in [0.15, 0.2) is 0 Å². The standard InChI is InChI=1S/C13H17Cl2N/c1-2-9-6-7-10(8-9)16-12-5-3-4-11(14)13(12)15/h3-5,9-10,16H,2,6-8H2,1H3. The molecule has 1 saturated carbocycles. The summed E-state index contributed by atoms with van der Waals surface area (Å²) in [7, 11) is 0. The van der Waals surface area contributed by atoms with Crippen LogP contribution in [0.3, 0.4) is 0 Å². The van der Waals surface area contributed by atoms with E-state index in [0.29, 0.717) is 16.1 Å². The maximum absolute atomic E-state index is 6.15. The molecule has 1 aliphatic carbocycles. The molecular formula is C13H17Cl2N. The molecule has 2 atom stereocenters. The number of rotatable bonds is 3. The van der Waals surface area contributed by atoms with Crippen molar-refractivity contribution in [3.05, 3.63) is 28.2 Å². The number of halogens is 2. The van der Waals surface area contributed by atoms with Gasteiger partial charge < -0.3 is 5.32 Å². The van der Waals surface area contributed by atoms with Gasteiger partial charge in [0.1, 0.15) is 0 Å². The quantitative estimate of drug-likeness (QED) is 0.805. The lowest BCUT2D eigenvalue weighted by atomic mass is 10.1. The maximum atomic E-state index is 6.15. The van der Waals surface area contributed by atoms with Crippen LogP contribution in [0.1, 0.15) is 32.6 Å². The van der Waals surface area contributed by atoms with Crippen molar-refractivity contribution in [1.29, 1.82) is 0 Å². The zero-order chi connectivity index (χ0) is 11.5. The fraction of sp³-hybridized carbons (Fsp3) is 0.538. The van der Waals surface area contributed by atoms with Crippen LogP contribution in [0.2, 0.25) is 10.0 Å². The first-order valence-corrected chi connectivity index (χ1v) is 6.66. The lowest BCUT2D eigenvalue weighted by Gasteiger charge is -2.16. The predicted molar refractivity (Wildman–Crippen MR) is 71.5 cm³/mol. The van der Waals surface area contributed by atoms with E-state index in [1.54, 1.807) is 0 Å². The average molecular weight is 258 g/mol. The molecule has 1 aromatic carbocycles. The van der Waals surface area contributed by atoms with E-state index in [0.717, 1.165) is 11.6 Å². The molecule has 0 radical (unpaired) electrons. The van der Waals surface area contributed by atoms with E-state index >= 15 is 0 Å². The summed E-state index contributed by atoms with van der Waals surface area (Å²) in [4.78, 5) is 0. The molecule has 0 aromatic heterocycles. The molecule has 1 nitrogen and oxygen atoms in total. The summed E-state index contributed by atoms with van der Waals surface area (Å²) in [5.74, 6) is 0.871. The number of nitrogens with one attached hydrogen (secondary N) is 1. The SMILES string of the molecule is CCC1CCC(Nc2cccc(Cl)c2Cl)C1. The molecule has 1 N–H and O–H groups in total. The molecule has 2 rings (SSSR count). The van der Waals surface area contributed by atoms with Gasteiger partial charge in [0, 0.05) is 6.04 Å². The van der Waals surface area contributed by atoms with Crippen molar-refractivity contribution < 1.29 is 0 Å². The molecule has 16 heavy (non-hydrogen) atoms. The maximum Gasteiger partial charge on any atom is 0.0823 e. The first kappa shape index (κ1) is 12.1. The zero-order valence-corrected chi connectivity index (χ0v) is 11.0. The van der Waals surface area contributed by atoms with Gasteiger partial charge in [0.2, 0.25) is 0 Å². The Hall–Kier alpha value is -0.400. The fourth-order valence-electron chi connectivity index (χ4n) is 2.41. The Balaban J connectivity index is 2.02. The molecule has 1 aromatic rings. The van der Waals surface area contributed by atoms with Crippen molar-refractivity contribution in [2.24, 2.45) is 5.92 Å². The highest BCUT2D eigenvalue weighted by Crippen LogP contribution is 2.34. The molecule has 1 aliphatic rings. The van der Waals surface area contributed by atoms with Gasteiger partial charge in [-0.3, -0.25) is 0 Å². The largest absolute Gasteiger partial charge is 0.381 e. The molecular weight excluding hydrogens is 241 g/mol. The van der Waals surface area contributed by atoms with Crippen LogP contribution < -0.4 is 5.32 Å².